The third kappa shape index (κ3) is 3.65. The van der Waals surface area contributed by atoms with Crippen molar-refractivity contribution in [3.05, 3.63) is 23.0 Å². The molecular formula is C13H21N3OS. The normalized spacial score (nSPS) is 12.2. The molecule has 1 aromatic rings. The van der Waals surface area contributed by atoms with E-state index in [-0.39, 0.29) is 6.04 Å². The zero-order valence-corrected chi connectivity index (χ0v) is 12.2. The number of nitrogens with one attached hydrogen (secondary N) is 1. The van der Waals surface area contributed by atoms with Gasteiger partial charge in [0.2, 0.25) is 0 Å². The molecule has 0 aromatic carbocycles. The Morgan fingerprint density at radius 1 is 1.56 bits per heavy atom. The average molecular weight is 267 g/mol. The molecule has 0 aliphatic rings. The van der Waals surface area contributed by atoms with Gasteiger partial charge in [0.1, 0.15) is 4.99 Å². The summed E-state index contributed by atoms with van der Waals surface area (Å²) < 4.78 is 5.19. The summed E-state index contributed by atoms with van der Waals surface area (Å²) in [6, 6.07) is 2.21. The Morgan fingerprint density at radius 3 is 2.72 bits per heavy atom. The standard InChI is InChI=1S/C13H21N3OS/c1-5-10(7-17-4)16-11-6-8(2)15-9(3)12(11)13(14)18/h6,10H,5,7H2,1-4H3,(H2,14,18)(H,15,16). The number of hydrogen-bond donors (Lipinski definition) is 2. The van der Waals surface area contributed by atoms with Crippen LogP contribution in [0.25, 0.3) is 0 Å². The average Bonchev–Trinajstić information content (AvgIpc) is 2.26. The highest BCUT2D eigenvalue weighted by Crippen LogP contribution is 2.21. The van der Waals surface area contributed by atoms with Gasteiger partial charge in [-0.05, 0) is 26.3 Å². The Kier molecular flexibility index (Phi) is 5.50. The van der Waals surface area contributed by atoms with Crippen LogP contribution < -0.4 is 11.1 Å². The fourth-order valence-corrected chi connectivity index (χ4v) is 2.19. The second-order valence-corrected chi connectivity index (χ2v) is 4.78. The number of hydrogen-bond acceptors (Lipinski definition) is 4. The molecule has 0 aliphatic heterocycles. The van der Waals surface area contributed by atoms with Gasteiger partial charge in [0, 0.05) is 30.2 Å². The van der Waals surface area contributed by atoms with Crippen molar-refractivity contribution in [2.24, 2.45) is 5.73 Å². The van der Waals surface area contributed by atoms with E-state index < -0.39 is 0 Å². The first-order valence-corrected chi connectivity index (χ1v) is 6.43. The molecule has 0 fully saturated rings. The fourth-order valence-electron chi connectivity index (χ4n) is 1.94. The van der Waals surface area contributed by atoms with E-state index >= 15 is 0 Å². The van der Waals surface area contributed by atoms with E-state index in [1.54, 1.807) is 7.11 Å². The monoisotopic (exact) mass is 267 g/mol. The van der Waals surface area contributed by atoms with Gasteiger partial charge in [-0.1, -0.05) is 19.1 Å². The highest BCUT2D eigenvalue weighted by molar-refractivity contribution is 7.80. The van der Waals surface area contributed by atoms with Crippen LogP contribution >= 0.6 is 12.2 Å². The topological polar surface area (TPSA) is 60.2 Å². The van der Waals surface area contributed by atoms with Crippen molar-refractivity contribution in [3.8, 4) is 0 Å². The molecule has 1 aromatic heterocycles. The van der Waals surface area contributed by atoms with Gasteiger partial charge in [-0.25, -0.2) is 0 Å². The van der Waals surface area contributed by atoms with E-state index in [9.17, 15) is 0 Å². The van der Waals surface area contributed by atoms with Crippen LogP contribution in [0.5, 0.6) is 0 Å². The summed E-state index contributed by atoms with van der Waals surface area (Å²) in [6.45, 7) is 6.63. The quantitative estimate of drug-likeness (QED) is 0.774. The molecule has 0 saturated carbocycles. The smallest absolute Gasteiger partial charge is 0.107 e. The van der Waals surface area contributed by atoms with Crippen LogP contribution in [0.1, 0.15) is 30.3 Å². The maximum absolute atomic E-state index is 5.78. The Morgan fingerprint density at radius 2 is 2.22 bits per heavy atom. The molecule has 0 radical (unpaired) electrons. The predicted molar refractivity (Wildman–Crippen MR) is 79.2 cm³/mol. The van der Waals surface area contributed by atoms with E-state index in [1.165, 1.54) is 0 Å². The number of aryl methyl sites for hydroxylation is 2. The highest BCUT2D eigenvalue weighted by Gasteiger charge is 2.14. The van der Waals surface area contributed by atoms with Gasteiger partial charge in [0.25, 0.3) is 0 Å². The number of rotatable bonds is 6. The molecule has 0 saturated heterocycles. The number of ether oxygens (including phenoxy) is 1. The van der Waals surface area contributed by atoms with Crippen molar-refractivity contribution in [2.45, 2.75) is 33.2 Å². The lowest BCUT2D eigenvalue weighted by Crippen LogP contribution is -2.26. The summed E-state index contributed by atoms with van der Waals surface area (Å²) >= 11 is 5.10. The summed E-state index contributed by atoms with van der Waals surface area (Å²) in [5.74, 6) is 0. The number of methoxy groups -OCH3 is 1. The minimum atomic E-state index is 0.240. The summed E-state index contributed by atoms with van der Waals surface area (Å²) in [5, 5.41) is 3.43. The van der Waals surface area contributed by atoms with Crippen molar-refractivity contribution in [1.82, 2.24) is 4.98 Å². The molecule has 0 bridgehead atoms. The van der Waals surface area contributed by atoms with Crippen molar-refractivity contribution in [1.29, 1.82) is 0 Å². The summed E-state index contributed by atoms with van der Waals surface area (Å²) in [4.78, 5) is 4.77. The number of pyridine rings is 1. The van der Waals surface area contributed by atoms with Gasteiger partial charge in [-0.2, -0.15) is 0 Å². The van der Waals surface area contributed by atoms with Gasteiger partial charge in [-0.3, -0.25) is 4.98 Å². The van der Waals surface area contributed by atoms with Crippen LogP contribution in [0, 0.1) is 13.8 Å². The molecule has 100 valence electrons. The summed E-state index contributed by atoms with van der Waals surface area (Å²) in [6.07, 6.45) is 0.963. The van der Waals surface area contributed by atoms with Crippen LogP contribution in [0.15, 0.2) is 6.07 Å². The maximum atomic E-state index is 5.78. The molecule has 3 N–H and O–H groups in total. The Balaban J connectivity index is 3.09. The first-order valence-electron chi connectivity index (χ1n) is 6.03. The Hall–Kier alpha value is -1.20. The van der Waals surface area contributed by atoms with E-state index in [1.807, 2.05) is 19.9 Å². The highest BCUT2D eigenvalue weighted by atomic mass is 32.1. The van der Waals surface area contributed by atoms with Crippen LogP contribution in [0.4, 0.5) is 5.69 Å². The molecule has 1 heterocycles. The number of aromatic nitrogens is 1. The zero-order chi connectivity index (χ0) is 13.7. The van der Waals surface area contributed by atoms with Gasteiger partial charge >= 0.3 is 0 Å². The van der Waals surface area contributed by atoms with Gasteiger partial charge in [0.15, 0.2) is 0 Å². The molecule has 1 rings (SSSR count). The van der Waals surface area contributed by atoms with Crippen LogP contribution in [0.3, 0.4) is 0 Å². The molecule has 0 aliphatic carbocycles. The van der Waals surface area contributed by atoms with Crippen LogP contribution in [0.2, 0.25) is 0 Å². The van der Waals surface area contributed by atoms with E-state index in [2.05, 4.69) is 17.2 Å². The third-order valence-electron chi connectivity index (χ3n) is 2.80. The Labute approximate surface area is 114 Å². The zero-order valence-electron chi connectivity index (χ0n) is 11.4. The molecule has 1 unspecified atom stereocenters. The van der Waals surface area contributed by atoms with Crippen molar-refractivity contribution >= 4 is 22.9 Å². The van der Waals surface area contributed by atoms with Gasteiger partial charge < -0.3 is 15.8 Å². The van der Waals surface area contributed by atoms with E-state index in [4.69, 9.17) is 22.7 Å². The molecule has 0 spiro atoms. The molecular weight excluding hydrogens is 246 g/mol. The van der Waals surface area contributed by atoms with E-state index in [0.29, 0.717) is 11.6 Å². The predicted octanol–water partition coefficient (Wildman–Crippen LogP) is 2.17. The van der Waals surface area contributed by atoms with Crippen molar-refractivity contribution < 1.29 is 4.74 Å². The van der Waals surface area contributed by atoms with Gasteiger partial charge in [-0.15, -0.1) is 0 Å². The number of nitrogens with zero attached hydrogens (tertiary/aromatic N) is 1. The minimum absolute atomic E-state index is 0.240. The lowest BCUT2D eigenvalue weighted by Gasteiger charge is -2.20. The Bertz CT molecular complexity index is 434. The first-order chi connectivity index (χ1) is 8.49. The van der Waals surface area contributed by atoms with Crippen molar-refractivity contribution in [3.63, 3.8) is 0 Å². The second-order valence-electron chi connectivity index (χ2n) is 4.34. The third-order valence-corrected chi connectivity index (χ3v) is 3.00. The molecule has 0 amide bonds. The minimum Gasteiger partial charge on any atom is -0.389 e. The fraction of sp³-hybridized carbons (Fsp3) is 0.538. The SMILES string of the molecule is CCC(COC)Nc1cc(C)nc(C)c1C(N)=S. The van der Waals surface area contributed by atoms with Crippen molar-refractivity contribution in [2.75, 3.05) is 19.0 Å². The summed E-state index contributed by atoms with van der Waals surface area (Å²) in [7, 11) is 1.70. The molecule has 1 atom stereocenters. The number of thiocarbonyl (C=S) groups is 1. The molecule has 5 heteroatoms. The number of anilines is 1. The first kappa shape index (κ1) is 14.9. The van der Waals surface area contributed by atoms with Crippen LogP contribution in [-0.2, 0) is 4.74 Å². The largest absolute Gasteiger partial charge is 0.389 e. The molecule has 18 heavy (non-hydrogen) atoms. The lowest BCUT2D eigenvalue weighted by atomic mass is 10.1. The van der Waals surface area contributed by atoms with Gasteiger partial charge in [0.05, 0.1) is 12.2 Å². The lowest BCUT2D eigenvalue weighted by molar-refractivity contribution is 0.184. The second kappa shape index (κ2) is 6.66. The maximum Gasteiger partial charge on any atom is 0.107 e. The summed E-state index contributed by atoms with van der Waals surface area (Å²) in [5.41, 5.74) is 9.35. The molecule has 4 nitrogen and oxygen atoms in total. The van der Waals surface area contributed by atoms with E-state index in [0.717, 1.165) is 29.1 Å². The van der Waals surface area contributed by atoms with Crippen LogP contribution in [-0.4, -0.2) is 29.7 Å². The number of nitrogens with two attached hydrogens (primary N) is 1.